The van der Waals surface area contributed by atoms with E-state index in [9.17, 15) is 0 Å². The number of para-hydroxylation sites is 2. The molecule has 4 heterocycles. The van der Waals surface area contributed by atoms with Crippen LogP contribution < -0.4 is 9.80 Å². The monoisotopic (exact) mass is 895 g/mol. The van der Waals surface area contributed by atoms with Crippen molar-refractivity contribution in [3.63, 3.8) is 0 Å². The van der Waals surface area contributed by atoms with Crippen molar-refractivity contribution in [2.45, 2.75) is 0 Å². The van der Waals surface area contributed by atoms with Crippen LogP contribution in [0.5, 0.6) is 0 Å². The molecule has 0 bridgehead atoms. The van der Waals surface area contributed by atoms with Crippen LogP contribution in [0, 0.1) is 0 Å². The molecule has 0 fully saturated rings. The molecule has 6 heteroatoms. The largest absolute Gasteiger partial charge is 0.453 e. The van der Waals surface area contributed by atoms with Gasteiger partial charge in [0.05, 0.1) is 33.8 Å². The first kappa shape index (κ1) is 39.6. The van der Waals surface area contributed by atoms with Gasteiger partial charge >= 0.3 is 0 Å². The molecule has 0 saturated heterocycles. The number of anilines is 6. The zero-order chi connectivity index (χ0) is 46.1. The number of nitrogens with zero attached hydrogens (tertiary/aromatic N) is 5. The minimum absolute atomic E-state index is 0.745. The Kier molecular flexibility index (Phi) is 9.10. The van der Waals surface area contributed by atoms with Crippen molar-refractivity contribution in [1.82, 2.24) is 14.5 Å². The van der Waals surface area contributed by atoms with Crippen LogP contribution in [-0.2, 0) is 0 Å². The second-order valence-corrected chi connectivity index (χ2v) is 17.8. The minimum Gasteiger partial charge on any atom is -0.453 e. The highest BCUT2D eigenvalue weighted by molar-refractivity contribution is 6.17. The Morgan fingerprint density at radius 1 is 0.343 bits per heavy atom. The first-order chi connectivity index (χ1) is 34.7. The van der Waals surface area contributed by atoms with Gasteiger partial charge in [0.2, 0.25) is 0 Å². The molecule has 0 aliphatic carbocycles. The van der Waals surface area contributed by atoms with Crippen LogP contribution in [0.15, 0.2) is 253 Å². The molecule has 0 amide bonds. The van der Waals surface area contributed by atoms with E-state index < -0.39 is 0 Å². The highest BCUT2D eigenvalue weighted by Crippen LogP contribution is 2.49. The van der Waals surface area contributed by atoms with Gasteiger partial charge in [0.25, 0.3) is 0 Å². The van der Waals surface area contributed by atoms with E-state index in [0.717, 1.165) is 106 Å². The van der Waals surface area contributed by atoms with Crippen molar-refractivity contribution >= 4 is 110 Å². The fourth-order valence-electron chi connectivity index (χ4n) is 10.7. The summed E-state index contributed by atoms with van der Waals surface area (Å²) in [7, 11) is 0. The second kappa shape index (κ2) is 16.1. The maximum atomic E-state index is 7.43. The Morgan fingerprint density at radius 2 is 0.957 bits per heavy atom. The average Bonchev–Trinajstić information content (AvgIpc) is 3.97. The highest BCUT2D eigenvalue weighted by Gasteiger charge is 2.27. The lowest BCUT2D eigenvalue weighted by molar-refractivity contribution is 0.670. The molecule has 6 nitrogen and oxygen atoms in total. The normalized spacial score (nSPS) is 11.7. The smallest absolute Gasteiger partial charge is 0.159 e. The summed E-state index contributed by atoms with van der Waals surface area (Å²) in [6.07, 6.45) is 3.71. The quantitative estimate of drug-likeness (QED) is 0.152. The third-order valence-electron chi connectivity index (χ3n) is 13.8. The summed E-state index contributed by atoms with van der Waals surface area (Å²) in [5.41, 5.74) is 10.8. The van der Waals surface area contributed by atoms with Crippen LogP contribution in [0.1, 0.15) is 0 Å². The van der Waals surface area contributed by atoms with E-state index in [4.69, 9.17) is 14.4 Å². The van der Waals surface area contributed by atoms with E-state index in [-0.39, 0.29) is 0 Å². The van der Waals surface area contributed by atoms with Gasteiger partial charge in [0.15, 0.2) is 5.58 Å². The topological polar surface area (TPSA) is 50.3 Å². The van der Waals surface area contributed by atoms with E-state index in [1.54, 1.807) is 0 Å². The summed E-state index contributed by atoms with van der Waals surface area (Å²) in [5, 5.41) is 11.3. The summed E-state index contributed by atoms with van der Waals surface area (Å²) < 4.78 is 9.85. The lowest BCUT2D eigenvalue weighted by Gasteiger charge is -2.29. The van der Waals surface area contributed by atoms with Gasteiger partial charge in [0.1, 0.15) is 17.2 Å². The van der Waals surface area contributed by atoms with Gasteiger partial charge < -0.3 is 8.98 Å². The molecule has 0 N–H and O–H groups in total. The third kappa shape index (κ3) is 6.35. The van der Waals surface area contributed by atoms with Crippen molar-refractivity contribution in [3.05, 3.63) is 249 Å². The Labute approximate surface area is 403 Å². The van der Waals surface area contributed by atoms with E-state index >= 15 is 0 Å². The summed E-state index contributed by atoms with van der Waals surface area (Å²) in [6, 6.07) is 84.1. The third-order valence-corrected chi connectivity index (χ3v) is 13.8. The molecule has 0 radical (unpaired) electrons. The van der Waals surface area contributed by atoms with Crippen LogP contribution in [0.2, 0.25) is 0 Å². The summed E-state index contributed by atoms with van der Waals surface area (Å²) >= 11 is 0. The molecule has 0 saturated carbocycles. The first-order valence-corrected chi connectivity index (χ1v) is 23.6. The Morgan fingerprint density at radius 3 is 1.74 bits per heavy atom. The van der Waals surface area contributed by atoms with Gasteiger partial charge in [-0.25, -0.2) is 9.97 Å². The summed E-state index contributed by atoms with van der Waals surface area (Å²) in [5.74, 6) is 1.56. The van der Waals surface area contributed by atoms with Crippen molar-refractivity contribution in [2.75, 3.05) is 9.80 Å². The Balaban J connectivity index is 1.06. The lowest BCUT2D eigenvalue weighted by Crippen LogP contribution is -2.15. The summed E-state index contributed by atoms with van der Waals surface area (Å²) in [6.45, 7) is 0. The number of aromatic nitrogens is 3. The molecular weight excluding hydrogens is 855 g/mol. The molecule has 70 heavy (non-hydrogen) atoms. The molecule has 14 aromatic rings. The van der Waals surface area contributed by atoms with E-state index in [1.807, 2.05) is 36.7 Å². The molecular formula is C64H41N5O. The molecule has 0 atom stereocenters. The number of furan rings is 1. The molecule has 0 spiro atoms. The number of pyridine rings is 2. The van der Waals surface area contributed by atoms with Crippen LogP contribution in [0.4, 0.5) is 34.4 Å². The second-order valence-electron chi connectivity index (χ2n) is 17.8. The minimum atomic E-state index is 0.745. The van der Waals surface area contributed by atoms with Gasteiger partial charge in [-0.15, -0.1) is 0 Å². The Hall–Kier alpha value is -9.52. The van der Waals surface area contributed by atoms with Crippen LogP contribution >= 0.6 is 0 Å². The van der Waals surface area contributed by atoms with Gasteiger partial charge in [-0.3, -0.25) is 9.80 Å². The average molecular weight is 896 g/mol. The number of hydrogen-bond donors (Lipinski definition) is 0. The predicted octanol–water partition coefficient (Wildman–Crippen LogP) is 17.5. The zero-order valence-electron chi connectivity index (χ0n) is 37.8. The fraction of sp³-hybridized carbons (Fsp3) is 0. The molecule has 4 aromatic heterocycles. The van der Waals surface area contributed by atoms with Gasteiger partial charge in [-0.2, -0.15) is 0 Å². The van der Waals surface area contributed by atoms with E-state index in [0.29, 0.717) is 0 Å². The number of rotatable bonds is 8. The van der Waals surface area contributed by atoms with Crippen molar-refractivity contribution in [2.24, 2.45) is 0 Å². The standard InChI is InChI=1S/C64H41N5O/c1-2-19-45-38-47(34-32-42(45)16-1)67(61-30-9-11-36-65-61)60-41-48(68(62-31-10-12-37-66-62)56-28-13-20-43-17-3-5-22-49(43)56)40-55-54-26-15-25-51(63(54)70-64(55)60)46-33-35-53-52-24-7-8-27-58(52)69(59(53)39-46)57-29-14-21-44-18-4-6-23-50(44)57/h1-41H. The van der Waals surface area contributed by atoms with E-state index in [2.05, 4.69) is 227 Å². The van der Waals surface area contributed by atoms with E-state index in [1.165, 1.54) is 21.5 Å². The van der Waals surface area contributed by atoms with Crippen molar-refractivity contribution in [3.8, 4) is 16.8 Å². The fourth-order valence-corrected chi connectivity index (χ4v) is 10.7. The van der Waals surface area contributed by atoms with Crippen LogP contribution in [-0.4, -0.2) is 14.5 Å². The van der Waals surface area contributed by atoms with Crippen LogP contribution in [0.25, 0.3) is 92.9 Å². The molecule has 328 valence electrons. The number of benzene rings is 10. The molecule has 14 rings (SSSR count). The molecule has 0 aliphatic heterocycles. The lowest BCUT2D eigenvalue weighted by atomic mass is 10.00. The van der Waals surface area contributed by atoms with Crippen molar-refractivity contribution in [1.29, 1.82) is 0 Å². The summed E-state index contributed by atoms with van der Waals surface area (Å²) in [4.78, 5) is 14.5. The maximum absolute atomic E-state index is 7.43. The first-order valence-electron chi connectivity index (χ1n) is 23.6. The molecule has 0 aliphatic rings. The maximum Gasteiger partial charge on any atom is 0.159 e. The van der Waals surface area contributed by atoms with Gasteiger partial charge in [-0.05, 0) is 99.9 Å². The molecule has 0 unspecified atom stereocenters. The van der Waals surface area contributed by atoms with Crippen molar-refractivity contribution < 1.29 is 4.42 Å². The van der Waals surface area contributed by atoms with Gasteiger partial charge in [-0.1, -0.05) is 164 Å². The SMILES string of the molecule is c1ccc(N(c2cc(N(c3ccc4ccccc4c3)c3ccccn3)c3oc4c(-c5ccc6c7ccccc7n(-c7cccc8ccccc78)c6c5)cccc4c3c2)c2cccc3ccccc23)nc1. The number of fused-ring (bicyclic) bond motifs is 9. The van der Waals surface area contributed by atoms with Crippen LogP contribution in [0.3, 0.4) is 0 Å². The number of hydrogen-bond acceptors (Lipinski definition) is 5. The zero-order valence-corrected chi connectivity index (χ0v) is 37.8. The highest BCUT2D eigenvalue weighted by atomic mass is 16.3. The molecule has 10 aromatic carbocycles. The Bertz CT molecular complexity index is 4320. The van der Waals surface area contributed by atoms with Gasteiger partial charge in [0, 0.05) is 56.0 Å². The predicted molar refractivity (Wildman–Crippen MR) is 291 cm³/mol.